The molecule has 2 N–H and O–H groups in total. The van der Waals surface area contributed by atoms with E-state index in [1.807, 2.05) is 0 Å². The van der Waals surface area contributed by atoms with Gasteiger partial charge in [0.1, 0.15) is 0 Å². The highest BCUT2D eigenvalue weighted by Gasteiger charge is 2.35. The van der Waals surface area contributed by atoms with E-state index in [9.17, 15) is 0 Å². The lowest BCUT2D eigenvalue weighted by atomic mass is 9.96. The van der Waals surface area contributed by atoms with Gasteiger partial charge in [0.2, 0.25) is 0 Å². The first-order valence-electron chi connectivity index (χ1n) is 6.06. The van der Waals surface area contributed by atoms with E-state index in [-0.39, 0.29) is 0 Å². The van der Waals surface area contributed by atoms with Crippen LogP contribution in [0.4, 0.5) is 0 Å². The third-order valence-electron chi connectivity index (χ3n) is 3.60. The number of fused-ring (bicyclic) bond motifs is 4. The minimum Gasteiger partial charge on any atom is -0.307 e. The van der Waals surface area contributed by atoms with Crippen molar-refractivity contribution in [2.75, 3.05) is 0 Å². The first kappa shape index (κ1) is 9.40. The maximum Gasteiger partial charge on any atom is 0.0675 e. The SMILES string of the molecule is CC(C)Cc1n[nH]c2c1[C@H]1CC[C@@H](C2)N1. The van der Waals surface area contributed by atoms with E-state index in [0.29, 0.717) is 18.0 Å². The van der Waals surface area contributed by atoms with Crippen LogP contribution >= 0.6 is 0 Å². The second-order valence-electron chi connectivity index (χ2n) is 5.36. The number of hydrogen-bond acceptors (Lipinski definition) is 2. The molecule has 2 aliphatic rings. The highest BCUT2D eigenvalue weighted by Crippen LogP contribution is 2.37. The summed E-state index contributed by atoms with van der Waals surface area (Å²) in [6, 6.07) is 1.29. The molecule has 3 rings (SSSR count). The Morgan fingerprint density at radius 3 is 3.07 bits per heavy atom. The Bertz CT molecular complexity index is 367. The molecule has 0 radical (unpaired) electrons. The molecule has 1 saturated heterocycles. The molecular weight excluding hydrogens is 186 g/mol. The minimum absolute atomic E-state index is 0.589. The smallest absolute Gasteiger partial charge is 0.0675 e. The summed E-state index contributed by atoms with van der Waals surface area (Å²) in [5.74, 6) is 0.691. The summed E-state index contributed by atoms with van der Waals surface area (Å²) in [6.45, 7) is 4.52. The van der Waals surface area contributed by atoms with Crippen LogP contribution in [0.15, 0.2) is 0 Å². The van der Waals surface area contributed by atoms with Crippen molar-refractivity contribution in [1.82, 2.24) is 15.5 Å². The maximum absolute atomic E-state index is 4.49. The number of hydrogen-bond donors (Lipinski definition) is 2. The van der Waals surface area contributed by atoms with Crippen LogP contribution in [-0.2, 0) is 12.8 Å². The number of H-pyrrole nitrogens is 1. The Morgan fingerprint density at radius 2 is 2.27 bits per heavy atom. The summed E-state index contributed by atoms with van der Waals surface area (Å²) in [5.41, 5.74) is 4.20. The third kappa shape index (κ3) is 1.49. The molecule has 2 aliphatic heterocycles. The van der Waals surface area contributed by atoms with E-state index in [1.54, 1.807) is 0 Å². The van der Waals surface area contributed by atoms with E-state index in [4.69, 9.17) is 0 Å². The van der Waals surface area contributed by atoms with Gasteiger partial charge in [0.25, 0.3) is 0 Å². The predicted molar refractivity (Wildman–Crippen MR) is 59.7 cm³/mol. The van der Waals surface area contributed by atoms with Crippen LogP contribution < -0.4 is 5.32 Å². The van der Waals surface area contributed by atoms with Crippen LogP contribution in [-0.4, -0.2) is 16.2 Å². The van der Waals surface area contributed by atoms with Crippen LogP contribution in [0.1, 0.15) is 49.7 Å². The molecule has 1 fully saturated rings. The molecular formula is C12H19N3. The van der Waals surface area contributed by atoms with Gasteiger partial charge in [0.05, 0.1) is 5.69 Å². The summed E-state index contributed by atoms with van der Waals surface area (Å²) in [4.78, 5) is 0. The summed E-state index contributed by atoms with van der Waals surface area (Å²) in [6.07, 6.45) is 4.88. The van der Waals surface area contributed by atoms with Crippen molar-refractivity contribution >= 4 is 0 Å². The molecule has 0 unspecified atom stereocenters. The van der Waals surface area contributed by atoms with Gasteiger partial charge in [-0.2, -0.15) is 5.10 Å². The van der Waals surface area contributed by atoms with Crippen molar-refractivity contribution in [2.45, 2.75) is 51.6 Å². The van der Waals surface area contributed by atoms with Gasteiger partial charge in [-0.05, 0) is 25.2 Å². The summed E-state index contributed by atoms with van der Waals surface area (Å²) in [5, 5.41) is 11.4. The van der Waals surface area contributed by atoms with Crippen molar-refractivity contribution in [3.05, 3.63) is 17.0 Å². The van der Waals surface area contributed by atoms with Gasteiger partial charge in [-0.15, -0.1) is 0 Å². The quantitative estimate of drug-likeness (QED) is 0.775. The van der Waals surface area contributed by atoms with Crippen molar-refractivity contribution in [3.63, 3.8) is 0 Å². The molecule has 0 aromatic carbocycles. The van der Waals surface area contributed by atoms with Gasteiger partial charge >= 0.3 is 0 Å². The second-order valence-corrected chi connectivity index (χ2v) is 5.36. The number of nitrogens with zero attached hydrogens (tertiary/aromatic N) is 1. The Labute approximate surface area is 90.7 Å². The van der Waals surface area contributed by atoms with Crippen molar-refractivity contribution in [3.8, 4) is 0 Å². The Morgan fingerprint density at radius 1 is 1.40 bits per heavy atom. The van der Waals surface area contributed by atoms with E-state index in [0.717, 1.165) is 12.8 Å². The average molecular weight is 205 g/mol. The molecule has 0 aliphatic carbocycles. The molecule has 2 atom stereocenters. The monoisotopic (exact) mass is 205 g/mol. The number of nitrogens with one attached hydrogen (secondary N) is 2. The summed E-state index contributed by atoms with van der Waals surface area (Å²) in [7, 11) is 0. The van der Waals surface area contributed by atoms with Gasteiger partial charge in [-0.3, -0.25) is 5.10 Å². The number of aromatic nitrogens is 2. The first-order chi connectivity index (χ1) is 7.24. The lowest BCUT2D eigenvalue weighted by Crippen LogP contribution is -2.31. The lowest BCUT2D eigenvalue weighted by molar-refractivity contribution is 0.506. The Hall–Kier alpha value is -0.830. The van der Waals surface area contributed by atoms with Gasteiger partial charge in [0.15, 0.2) is 0 Å². The van der Waals surface area contributed by atoms with Crippen molar-refractivity contribution in [2.24, 2.45) is 5.92 Å². The molecule has 15 heavy (non-hydrogen) atoms. The fourth-order valence-electron chi connectivity index (χ4n) is 2.99. The highest BCUT2D eigenvalue weighted by atomic mass is 15.2. The minimum atomic E-state index is 0.589. The zero-order chi connectivity index (χ0) is 10.4. The zero-order valence-electron chi connectivity index (χ0n) is 9.51. The van der Waals surface area contributed by atoms with E-state index < -0.39 is 0 Å². The molecule has 0 spiro atoms. The summed E-state index contributed by atoms with van der Waals surface area (Å²) < 4.78 is 0. The van der Waals surface area contributed by atoms with Gasteiger partial charge in [-0.25, -0.2) is 0 Å². The molecule has 2 bridgehead atoms. The maximum atomic E-state index is 4.49. The van der Waals surface area contributed by atoms with Crippen LogP contribution in [0.5, 0.6) is 0 Å². The molecule has 1 aromatic heterocycles. The van der Waals surface area contributed by atoms with Crippen LogP contribution in [0, 0.1) is 5.92 Å². The Kier molecular flexibility index (Phi) is 2.09. The summed E-state index contributed by atoms with van der Waals surface area (Å²) >= 11 is 0. The van der Waals surface area contributed by atoms with Gasteiger partial charge < -0.3 is 5.32 Å². The zero-order valence-corrected chi connectivity index (χ0v) is 9.51. The van der Waals surface area contributed by atoms with Gasteiger partial charge in [0, 0.05) is 29.8 Å². The van der Waals surface area contributed by atoms with Crippen LogP contribution in [0.3, 0.4) is 0 Å². The second kappa shape index (κ2) is 3.34. The highest BCUT2D eigenvalue weighted by molar-refractivity contribution is 5.34. The predicted octanol–water partition coefficient (Wildman–Crippen LogP) is 1.96. The number of rotatable bonds is 2. The molecule has 3 heteroatoms. The third-order valence-corrected chi connectivity index (χ3v) is 3.60. The average Bonchev–Trinajstić information content (AvgIpc) is 2.72. The van der Waals surface area contributed by atoms with Crippen LogP contribution in [0.2, 0.25) is 0 Å². The fraction of sp³-hybridized carbons (Fsp3) is 0.750. The largest absolute Gasteiger partial charge is 0.307 e. The van der Waals surface area contributed by atoms with Crippen molar-refractivity contribution in [1.29, 1.82) is 0 Å². The standard InChI is InChI=1S/C12H19N3/c1-7(2)5-10-12-9-4-3-8(13-9)6-11(12)15-14-10/h7-9,13H,3-6H2,1-2H3,(H,14,15)/t8-,9+/m0/s1. The molecule has 82 valence electrons. The van der Waals surface area contributed by atoms with E-state index >= 15 is 0 Å². The first-order valence-corrected chi connectivity index (χ1v) is 6.06. The fourth-order valence-corrected chi connectivity index (χ4v) is 2.99. The van der Waals surface area contributed by atoms with Crippen molar-refractivity contribution < 1.29 is 0 Å². The molecule has 0 amide bonds. The van der Waals surface area contributed by atoms with Gasteiger partial charge in [-0.1, -0.05) is 13.8 Å². The van der Waals surface area contributed by atoms with E-state index in [1.165, 1.54) is 29.8 Å². The number of aromatic amines is 1. The molecule has 3 nitrogen and oxygen atoms in total. The topological polar surface area (TPSA) is 40.7 Å². The molecule has 3 heterocycles. The van der Waals surface area contributed by atoms with E-state index in [2.05, 4.69) is 29.4 Å². The molecule has 1 aromatic rings. The normalized spacial score (nSPS) is 28.5. The lowest BCUT2D eigenvalue weighted by Gasteiger charge is -2.22. The molecule has 0 saturated carbocycles. The van der Waals surface area contributed by atoms with Crippen LogP contribution in [0.25, 0.3) is 0 Å². The Balaban J connectivity index is 1.95.